The van der Waals surface area contributed by atoms with Gasteiger partial charge in [0.05, 0.1) is 45.4 Å². The molecule has 5 nitrogen and oxygen atoms in total. The van der Waals surface area contributed by atoms with E-state index in [-0.39, 0.29) is 0 Å². The van der Waals surface area contributed by atoms with Crippen LogP contribution in [0.4, 0.5) is 5.69 Å². The molecule has 254 valence electrons. The van der Waals surface area contributed by atoms with Gasteiger partial charge < -0.3 is 13.7 Å². The second-order valence-corrected chi connectivity index (χ2v) is 14.0. The van der Waals surface area contributed by atoms with E-state index < -0.39 is 0 Å². The van der Waals surface area contributed by atoms with Crippen LogP contribution in [-0.4, -0.2) is 13.7 Å². The summed E-state index contributed by atoms with van der Waals surface area (Å²) in [5, 5.41) is 17.5. The predicted molar refractivity (Wildman–Crippen MR) is 226 cm³/mol. The first kappa shape index (κ1) is 30.7. The van der Waals surface area contributed by atoms with Gasteiger partial charge in [-0.1, -0.05) is 103 Å². The van der Waals surface area contributed by atoms with Gasteiger partial charge in [0.25, 0.3) is 0 Å². The van der Waals surface area contributed by atoms with Gasteiger partial charge in [-0.3, -0.25) is 0 Å². The number of hydrogen-bond acceptors (Lipinski definition) is 1. The third-order valence-electron chi connectivity index (χ3n) is 11.1. The van der Waals surface area contributed by atoms with Crippen molar-refractivity contribution in [2.45, 2.75) is 0 Å². The van der Waals surface area contributed by atoms with Crippen LogP contribution in [-0.2, 0) is 0 Å². The number of hydrogen-bond donors (Lipinski definition) is 0. The van der Waals surface area contributed by atoms with Gasteiger partial charge in [-0.05, 0) is 83.9 Å². The maximum absolute atomic E-state index is 10.5. The van der Waals surface area contributed by atoms with E-state index in [2.05, 4.69) is 176 Å². The first-order valence-corrected chi connectivity index (χ1v) is 18.3. The van der Waals surface area contributed by atoms with E-state index in [9.17, 15) is 5.26 Å². The lowest BCUT2D eigenvalue weighted by atomic mass is 10.0. The molecule has 0 atom stereocenters. The summed E-state index contributed by atoms with van der Waals surface area (Å²) in [6.45, 7) is 7.68. The van der Waals surface area contributed by atoms with Crippen molar-refractivity contribution in [1.29, 1.82) is 5.26 Å². The van der Waals surface area contributed by atoms with E-state index in [1.807, 2.05) is 24.3 Å². The van der Waals surface area contributed by atoms with E-state index in [1.54, 1.807) is 0 Å². The average molecular weight is 700 g/mol. The van der Waals surface area contributed by atoms with E-state index in [1.165, 1.54) is 21.8 Å². The summed E-state index contributed by atoms with van der Waals surface area (Å²) < 4.78 is 6.84. The summed E-state index contributed by atoms with van der Waals surface area (Å²) in [5.41, 5.74) is 12.7. The van der Waals surface area contributed by atoms with Crippen LogP contribution in [0.15, 0.2) is 176 Å². The molecular formula is C50H29N5. The number of para-hydroxylation sites is 4. The molecule has 55 heavy (non-hydrogen) atoms. The molecule has 0 N–H and O–H groups in total. The Morgan fingerprint density at radius 1 is 0.400 bits per heavy atom. The Hall–Kier alpha value is -7.86. The topological polar surface area (TPSA) is 42.9 Å². The zero-order valence-electron chi connectivity index (χ0n) is 29.5. The molecule has 0 aliphatic heterocycles. The second kappa shape index (κ2) is 11.8. The fourth-order valence-corrected chi connectivity index (χ4v) is 8.68. The second-order valence-electron chi connectivity index (χ2n) is 14.0. The molecule has 0 aliphatic rings. The minimum atomic E-state index is 0.600. The zero-order valence-corrected chi connectivity index (χ0v) is 29.5. The number of aromatic nitrogens is 3. The Morgan fingerprint density at radius 2 is 0.927 bits per heavy atom. The summed E-state index contributed by atoms with van der Waals surface area (Å²) in [4.78, 5) is 3.73. The van der Waals surface area contributed by atoms with Crippen molar-refractivity contribution in [2.24, 2.45) is 0 Å². The summed E-state index contributed by atoms with van der Waals surface area (Å²) in [6, 6.07) is 63.8. The van der Waals surface area contributed by atoms with E-state index >= 15 is 0 Å². The Kier molecular flexibility index (Phi) is 6.61. The number of rotatable bonds is 4. The molecule has 0 saturated heterocycles. The SMILES string of the molecule is [C-]#[N+]c1ccc2c3ccccc3n(-c3cccc(-c4ccc(C#N)c(-n5c6ccccc6c6cc(-n7c8ccccc8c8ccccc87)ccc65)c4)c3)c2c1. The first-order chi connectivity index (χ1) is 27.2. The van der Waals surface area contributed by atoms with E-state index in [0.717, 1.165) is 71.8 Å². The third-order valence-corrected chi connectivity index (χ3v) is 11.1. The van der Waals surface area contributed by atoms with Gasteiger partial charge in [-0.15, -0.1) is 0 Å². The highest BCUT2D eigenvalue weighted by atomic mass is 15.0. The molecule has 5 heteroatoms. The number of fused-ring (bicyclic) bond motifs is 9. The van der Waals surface area contributed by atoms with Gasteiger partial charge in [-0.2, -0.15) is 5.26 Å². The Bertz CT molecular complexity index is 3420. The van der Waals surface area contributed by atoms with Crippen molar-refractivity contribution in [3.05, 3.63) is 193 Å². The summed E-state index contributed by atoms with van der Waals surface area (Å²) >= 11 is 0. The van der Waals surface area contributed by atoms with Gasteiger partial charge in [0.2, 0.25) is 0 Å². The molecule has 0 spiro atoms. The average Bonchev–Trinajstić information content (AvgIpc) is 3.88. The van der Waals surface area contributed by atoms with Crippen LogP contribution < -0.4 is 0 Å². The molecule has 3 heterocycles. The molecule has 0 unspecified atom stereocenters. The summed E-state index contributed by atoms with van der Waals surface area (Å²) in [7, 11) is 0. The molecule has 0 radical (unpaired) electrons. The normalized spacial score (nSPS) is 11.6. The van der Waals surface area contributed by atoms with Crippen LogP contribution in [0.5, 0.6) is 0 Å². The fourth-order valence-electron chi connectivity index (χ4n) is 8.68. The lowest BCUT2D eigenvalue weighted by Crippen LogP contribution is -1.99. The highest BCUT2D eigenvalue weighted by Crippen LogP contribution is 2.39. The summed E-state index contributed by atoms with van der Waals surface area (Å²) in [5.74, 6) is 0. The van der Waals surface area contributed by atoms with Crippen molar-refractivity contribution >= 4 is 71.1 Å². The highest BCUT2D eigenvalue weighted by molar-refractivity contribution is 6.13. The van der Waals surface area contributed by atoms with Crippen molar-refractivity contribution in [1.82, 2.24) is 13.7 Å². The largest absolute Gasteiger partial charge is 0.310 e. The Labute approximate surface area is 316 Å². The van der Waals surface area contributed by atoms with Crippen LogP contribution in [0.1, 0.15) is 5.56 Å². The van der Waals surface area contributed by atoms with E-state index in [4.69, 9.17) is 6.57 Å². The van der Waals surface area contributed by atoms with Crippen molar-refractivity contribution < 1.29 is 0 Å². The smallest absolute Gasteiger partial charge is 0.189 e. The predicted octanol–water partition coefficient (Wildman–Crippen LogP) is 13.1. The van der Waals surface area contributed by atoms with Crippen LogP contribution in [0.25, 0.3) is 98.5 Å². The quantitative estimate of drug-likeness (QED) is 0.169. The number of nitriles is 1. The van der Waals surface area contributed by atoms with Crippen molar-refractivity contribution in [3.8, 4) is 34.3 Å². The van der Waals surface area contributed by atoms with Gasteiger partial charge in [0, 0.05) is 49.2 Å². The Balaban J connectivity index is 1.10. The lowest BCUT2D eigenvalue weighted by Gasteiger charge is -2.14. The highest BCUT2D eigenvalue weighted by Gasteiger charge is 2.19. The maximum atomic E-state index is 10.5. The van der Waals surface area contributed by atoms with E-state index in [0.29, 0.717) is 11.3 Å². The minimum absolute atomic E-state index is 0.600. The van der Waals surface area contributed by atoms with Gasteiger partial charge in [-0.25, -0.2) is 4.85 Å². The minimum Gasteiger partial charge on any atom is -0.310 e. The molecule has 0 amide bonds. The molecular weight excluding hydrogens is 671 g/mol. The van der Waals surface area contributed by atoms with Gasteiger partial charge in [0.15, 0.2) is 5.69 Å². The lowest BCUT2D eigenvalue weighted by molar-refractivity contribution is 1.16. The third kappa shape index (κ3) is 4.51. The number of benzene rings is 8. The first-order valence-electron chi connectivity index (χ1n) is 18.3. The number of nitrogens with zero attached hydrogens (tertiary/aromatic N) is 5. The Morgan fingerprint density at radius 3 is 1.56 bits per heavy atom. The molecule has 8 aromatic carbocycles. The fraction of sp³-hybridized carbons (Fsp3) is 0. The monoisotopic (exact) mass is 699 g/mol. The maximum Gasteiger partial charge on any atom is 0.189 e. The van der Waals surface area contributed by atoms with Crippen LogP contribution in [0, 0.1) is 17.9 Å². The molecule has 11 aromatic rings. The standard InChI is InChI=1S/C50H29N5/c1-52-35-23-25-42-40-15-4-8-19-46(40)54(50(42)29-35)36-12-10-11-32(27-36)33-21-22-34(31-51)49(28-33)55-47-20-9-5-16-41(47)43-30-37(24-26-48(43)55)53-44-17-6-2-13-38(44)39-14-3-7-18-45(39)53/h2-30H. The van der Waals surface area contributed by atoms with Crippen molar-refractivity contribution in [2.75, 3.05) is 0 Å². The zero-order chi connectivity index (χ0) is 36.6. The van der Waals surface area contributed by atoms with Crippen LogP contribution in [0.2, 0.25) is 0 Å². The van der Waals surface area contributed by atoms with Crippen molar-refractivity contribution in [3.63, 3.8) is 0 Å². The van der Waals surface area contributed by atoms with Gasteiger partial charge >= 0.3 is 0 Å². The molecule has 0 saturated carbocycles. The molecule has 0 bridgehead atoms. The molecule has 3 aromatic heterocycles. The summed E-state index contributed by atoms with van der Waals surface area (Å²) in [6.07, 6.45) is 0. The molecule has 11 rings (SSSR count). The molecule has 0 fully saturated rings. The van der Waals surface area contributed by atoms with Crippen LogP contribution in [0.3, 0.4) is 0 Å². The van der Waals surface area contributed by atoms with Crippen LogP contribution >= 0.6 is 0 Å². The van der Waals surface area contributed by atoms with Gasteiger partial charge in [0.1, 0.15) is 6.07 Å². The molecule has 0 aliphatic carbocycles.